The molecule has 3 rings (SSSR count). The van der Waals surface area contributed by atoms with Gasteiger partial charge in [0.25, 0.3) is 0 Å². The van der Waals surface area contributed by atoms with E-state index in [1.165, 1.54) is 5.30 Å². The molecular formula is C30H39O4P. The van der Waals surface area contributed by atoms with Gasteiger partial charge in [-0.3, -0.25) is 0 Å². The highest BCUT2D eigenvalue weighted by atomic mass is 31.1. The summed E-state index contributed by atoms with van der Waals surface area (Å²) in [5.41, 5.74) is 0. The van der Waals surface area contributed by atoms with Gasteiger partial charge in [0.15, 0.2) is 0 Å². The van der Waals surface area contributed by atoms with Crippen LogP contribution in [0.3, 0.4) is 0 Å². The van der Waals surface area contributed by atoms with Crippen LogP contribution in [-0.2, 0) is 0 Å². The van der Waals surface area contributed by atoms with Gasteiger partial charge in [0, 0.05) is 10.6 Å². The first-order chi connectivity index (χ1) is 17.2. The van der Waals surface area contributed by atoms with Crippen molar-refractivity contribution in [3.05, 3.63) is 66.7 Å². The van der Waals surface area contributed by atoms with Crippen LogP contribution in [-0.4, -0.2) is 26.4 Å². The highest BCUT2D eigenvalue weighted by Gasteiger charge is 2.25. The third kappa shape index (κ3) is 7.64. The Bertz CT molecular complexity index is 959. The second kappa shape index (κ2) is 14.6. The number of rotatable bonds is 15. The summed E-state index contributed by atoms with van der Waals surface area (Å²) in [5.74, 6) is 3.52. The molecule has 0 fully saturated rings. The average Bonchev–Trinajstić information content (AvgIpc) is 2.90. The summed E-state index contributed by atoms with van der Waals surface area (Å²) in [6, 6.07) is 23.1. The highest BCUT2D eigenvalue weighted by Crippen LogP contribution is 2.42. The molecule has 0 bridgehead atoms. The summed E-state index contributed by atoms with van der Waals surface area (Å²) in [4.78, 5) is 0. The summed E-state index contributed by atoms with van der Waals surface area (Å²) >= 11 is 0. The minimum absolute atomic E-state index is 0.666. The molecule has 0 aliphatic heterocycles. The zero-order valence-corrected chi connectivity index (χ0v) is 22.5. The molecule has 35 heavy (non-hydrogen) atoms. The van der Waals surface area contributed by atoms with Crippen LogP contribution < -0.4 is 34.9 Å². The molecule has 0 saturated carbocycles. The fraction of sp³-hybridized carbons (Fsp3) is 0.400. The van der Waals surface area contributed by atoms with Crippen molar-refractivity contribution in [1.29, 1.82) is 0 Å². The number of hydrogen-bond donors (Lipinski definition) is 0. The Labute approximate surface area is 212 Å². The Morgan fingerprint density at radius 3 is 1.37 bits per heavy atom. The molecule has 0 radical (unpaired) electrons. The van der Waals surface area contributed by atoms with E-state index in [2.05, 4.69) is 82.3 Å². The van der Waals surface area contributed by atoms with Crippen LogP contribution in [0.4, 0.5) is 0 Å². The van der Waals surface area contributed by atoms with Crippen molar-refractivity contribution >= 4 is 23.8 Å². The van der Waals surface area contributed by atoms with Crippen molar-refractivity contribution < 1.29 is 18.9 Å². The molecule has 188 valence electrons. The summed E-state index contributed by atoms with van der Waals surface area (Å²) in [6.45, 7) is 11.2. The van der Waals surface area contributed by atoms with E-state index >= 15 is 0 Å². The molecule has 0 amide bonds. The zero-order chi connectivity index (χ0) is 24.9. The normalized spacial score (nSPS) is 10.9. The highest BCUT2D eigenvalue weighted by molar-refractivity contribution is 7.80. The van der Waals surface area contributed by atoms with Crippen molar-refractivity contribution in [2.75, 3.05) is 26.4 Å². The third-order valence-corrected chi connectivity index (χ3v) is 7.70. The Balaban J connectivity index is 2.21. The minimum Gasteiger partial charge on any atom is -0.494 e. The van der Waals surface area contributed by atoms with E-state index in [1.807, 2.05) is 12.1 Å². The van der Waals surface area contributed by atoms with Gasteiger partial charge in [-0.2, -0.15) is 0 Å². The van der Waals surface area contributed by atoms with Crippen LogP contribution in [0.5, 0.6) is 23.0 Å². The van der Waals surface area contributed by atoms with E-state index in [4.69, 9.17) is 18.9 Å². The van der Waals surface area contributed by atoms with Crippen molar-refractivity contribution in [2.45, 2.75) is 53.4 Å². The molecule has 5 heteroatoms. The van der Waals surface area contributed by atoms with E-state index in [9.17, 15) is 0 Å². The van der Waals surface area contributed by atoms with E-state index in [-0.39, 0.29) is 0 Å². The number of ether oxygens (including phenoxy) is 4. The van der Waals surface area contributed by atoms with Crippen LogP contribution in [0.1, 0.15) is 53.4 Å². The lowest BCUT2D eigenvalue weighted by Crippen LogP contribution is -2.24. The van der Waals surface area contributed by atoms with E-state index < -0.39 is 7.92 Å². The molecule has 0 aromatic heterocycles. The van der Waals surface area contributed by atoms with Gasteiger partial charge in [-0.1, -0.05) is 58.0 Å². The first-order valence-electron chi connectivity index (χ1n) is 12.9. The first kappa shape index (κ1) is 26.9. The molecule has 3 aromatic carbocycles. The largest absolute Gasteiger partial charge is 0.494 e. The Kier molecular flexibility index (Phi) is 11.2. The van der Waals surface area contributed by atoms with Crippen LogP contribution in [0.25, 0.3) is 0 Å². The maximum absolute atomic E-state index is 6.27. The second-order valence-electron chi connectivity index (χ2n) is 8.32. The van der Waals surface area contributed by atoms with E-state index in [0.29, 0.717) is 26.4 Å². The quantitative estimate of drug-likeness (QED) is 0.223. The third-order valence-electron chi connectivity index (χ3n) is 5.23. The average molecular weight is 495 g/mol. The molecule has 0 spiro atoms. The van der Waals surface area contributed by atoms with Gasteiger partial charge >= 0.3 is 0 Å². The van der Waals surface area contributed by atoms with Gasteiger partial charge < -0.3 is 18.9 Å². The molecule has 0 heterocycles. The monoisotopic (exact) mass is 494 g/mol. The van der Waals surface area contributed by atoms with Gasteiger partial charge in [-0.15, -0.1) is 0 Å². The Morgan fingerprint density at radius 1 is 0.514 bits per heavy atom. The summed E-state index contributed by atoms with van der Waals surface area (Å²) in [5, 5.41) is 3.48. The van der Waals surface area contributed by atoms with Gasteiger partial charge in [-0.25, -0.2) is 0 Å². The van der Waals surface area contributed by atoms with Crippen LogP contribution >= 0.6 is 7.92 Å². The predicted molar refractivity (Wildman–Crippen MR) is 148 cm³/mol. The molecule has 0 atom stereocenters. The topological polar surface area (TPSA) is 36.9 Å². The molecule has 3 aromatic rings. The SMILES string of the molecule is CCCOc1ccc(OCCC)c(P(c2ccccc2)c2cc(OCCC)ccc2OCCC)c1. The van der Waals surface area contributed by atoms with Gasteiger partial charge in [0.2, 0.25) is 0 Å². The van der Waals surface area contributed by atoms with Gasteiger partial charge in [0.1, 0.15) is 23.0 Å². The van der Waals surface area contributed by atoms with Crippen LogP contribution in [0, 0.1) is 0 Å². The summed E-state index contributed by atoms with van der Waals surface area (Å²) in [6.07, 6.45) is 3.81. The number of hydrogen-bond acceptors (Lipinski definition) is 4. The molecule has 0 unspecified atom stereocenters. The minimum atomic E-state index is -0.993. The molecule has 4 nitrogen and oxygen atoms in total. The molecular weight excluding hydrogens is 455 g/mol. The predicted octanol–water partition coefficient (Wildman–Crippen LogP) is 6.60. The van der Waals surface area contributed by atoms with Crippen molar-refractivity contribution in [3.8, 4) is 23.0 Å². The van der Waals surface area contributed by atoms with Crippen molar-refractivity contribution in [1.82, 2.24) is 0 Å². The summed E-state index contributed by atoms with van der Waals surface area (Å²) < 4.78 is 24.6. The zero-order valence-electron chi connectivity index (χ0n) is 21.6. The Morgan fingerprint density at radius 2 is 0.943 bits per heavy atom. The molecule has 0 aliphatic rings. The lowest BCUT2D eigenvalue weighted by molar-refractivity contribution is 0.310. The van der Waals surface area contributed by atoms with Crippen molar-refractivity contribution in [2.24, 2.45) is 0 Å². The summed E-state index contributed by atoms with van der Waals surface area (Å²) in [7, 11) is -0.993. The molecule has 0 aliphatic carbocycles. The van der Waals surface area contributed by atoms with Gasteiger partial charge in [0.05, 0.1) is 26.4 Å². The first-order valence-corrected chi connectivity index (χ1v) is 14.2. The van der Waals surface area contributed by atoms with Crippen molar-refractivity contribution in [3.63, 3.8) is 0 Å². The number of benzene rings is 3. The van der Waals surface area contributed by atoms with Gasteiger partial charge in [-0.05, 0) is 75.3 Å². The fourth-order valence-electron chi connectivity index (χ4n) is 3.62. The molecule has 0 saturated heterocycles. The fourth-order valence-corrected chi connectivity index (χ4v) is 6.13. The van der Waals surface area contributed by atoms with E-state index in [1.54, 1.807) is 0 Å². The maximum Gasteiger partial charge on any atom is 0.127 e. The Hall–Kier alpha value is -2.71. The standard InChI is InChI=1S/C30H39O4P/c1-5-18-31-24-14-16-27(33-20-7-3)29(22-24)35(26-12-10-9-11-13-26)30-23-25(32-19-6-2)15-17-28(30)34-21-8-4/h9-17,22-23H,5-8,18-21H2,1-4H3. The lowest BCUT2D eigenvalue weighted by Gasteiger charge is -2.25. The molecule has 0 N–H and O–H groups in total. The van der Waals surface area contributed by atoms with Crippen LogP contribution in [0.15, 0.2) is 66.7 Å². The van der Waals surface area contributed by atoms with Crippen LogP contribution in [0.2, 0.25) is 0 Å². The lowest BCUT2D eigenvalue weighted by atomic mass is 10.3. The maximum atomic E-state index is 6.27. The smallest absolute Gasteiger partial charge is 0.127 e. The van der Waals surface area contributed by atoms with E-state index in [0.717, 1.165) is 59.3 Å². The second-order valence-corrected chi connectivity index (χ2v) is 10.5.